The maximum Gasteiger partial charge on any atom is 0.409 e. The molecule has 1 aliphatic heterocycles. The zero-order valence-corrected chi connectivity index (χ0v) is 69.5. The number of ether oxygens (including phenoxy) is 6. The highest BCUT2D eigenvalue weighted by atomic mass is 31.2. The van der Waals surface area contributed by atoms with E-state index in [1.54, 1.807) is 57.0 Å². The van der Waals surface area contributed by atoms with Gasteiger partial charge < -0.3 is 71.9 Å². The minimum Gasteiger partial charge on any atom is -0.497 e. The fourth-order valence-corrected chi connectivity index (χ4v) is 17.0. The van der Waals surface area contributed by atoms with Crippen molar-refractivity contribution in [1.29, 1.82) is 5.26 Å². The first-order chi connectivity index (χ1) is 57.8. The molecule has 0 saturated carbocycles. The largest absolute Gasteiger partial charge is 0.497 e. The quantitative estimate of drug-likeness (QED) is 0.0138. The van der Waals surface area contributed by atoms with Gasteiger partial charge in [-0.2, -0.15) is 10.2 Å². The molecule has 3 N–H and O–H groups in total. The summed E-state index contributed by atoms with van der Waals surface area (Å²) in [5.74, 6) is 2.92. The summed E-state index contributed by atoms with van der Waals surface area (Å²) in [5, 5.41) is 18.5. The van der Waals surface area contributed by atoms with Crippen LogP contribution in [0.2, 0.25) is 0 Å². The van der Waals surface area contributed by atoms with Crippen LogP contribution >= 0.6 is 17.1 Å². The maximum atomic E-state index is 14.3. The van der Waals surface area contributed by atoms with Crippen molar-refractivity contribution < 1.29 is 70.2 Å². The second-order valence-corrected chi connectivity index (χ2v) is 31.5. The standard InChI is InChI=1S/C89H98N12O16P2/c1-10-11-49-112-118(101(60(2)3)61(4)5)117-76-52-82(100-48-45-79(96-87(100)105)95-80(102)32-22-47-98(7)88(106)109-54-75-73-30-20-18-28-71(73)72-29-19-21-31-74(72)75)115-78(76)56-114-119(113-50-23-46-90)116-62(6)77(55-111-89(66-26-16-13-17-27-66,67-37-41-69(107-8)42-38-67)68-39-43-70(108-9)44-40-68)110-59-99-58-94-83-84(92-57-93-85(83)99)97-86(104)65-35-33-64(34-36-65)53-91-81(103)51-63-24-14-12-15-25-63/h1,12-21,24-31,33-45,48,57-58,60-62,75-78,82H,11,22-23,32,47,49-56,59H2,2-9H3,(H,91,103)(H,92,93,97,104)(H,95,96,102,105). The second-order valence-electron chi connectivity index (χ2n) is 28.9. The summed E-state index contributed by atoms with van der Waals surface area (Å²) in [4.78, 5) is 87.1. The lowest BCUT2D eigenvalue weighted by molar-refractivity contribution is -0.120. The van der Waals surface area contributed by atoms with Crippen molar-refractivity contribution in [3.05, 3.63) is 262 Å². The molecule has 7 atom stereocenters. The minimum absolute atomic E-state index is 0.00921. The zero-order chi connectivity index (χ0) is 83.8. The van der Waals surface area contributed by atoms with E-state index in [4.69, 9.17) is 57.5 Å². The van der Waals surface area contributed by atoms with Crippen molar-refractivity contribution in [2.45, 2.75) is 141 Å². The van der Waals surface area contributed by atoms with Gasteiger partial charge in [-0.05, 0) is 134 Å². The van der Waals surface area contributed by atoms with Gasteiger partial charge >= 0.3 is 20.4 Å². The van der Waals surface area contributed by atoms with E-state index in [1.807, 2.05) is 161 Å². The van der Waals surface area contributed by atoms with Crippen LogP contribution in [0.25, 0.3) is 22.3 Å². The van der Waals surface area contributed by atoms with Crippen molar-refractivity contribution in [1.82, 2.24) is 44.0 Å². The molecule has 1 fully saturated rings. The van der Waals surface area contributed by atoms with E-state index in [0.29, 0.717) is 35.6 Å². The summed E-state index contributed by atoms with van der Waals surface area (Å²) in [5.41, 5.74) is 7.22. The normalized spacial score (nSPS) is 15.5. The van der Waals surface area contributed by atoms with Crippen molar-refractivity contribution >= 4 is 63.7 Å². The number of benzene rings is 7. The fourth-order valence-electron chi connectivity index (χ4n) is 14.2. The molecule has 620 valence electrons. The number of carbonyl (C=O) groups excluding carboxylic acids is 4. The lowest BCUT2D eigenvalue weighted by atomic mass is 9.80. The van der Waals surface area contributed by atoms with Gasteiger partial charge in [-0.15, -0.1) is 12.3 Å². The Morgan fingerprint density at radius 3 is 1.99 bits per heavy atom. The van der Waals surface area contributed by atoms with Crippen molar-refractivity contribution in [2.75, 3.05) is 71.5 Å². The van der Waals surface area contributed by atoms with E-state index in [1.165, 1.54) is 34.4 Å². The molecule has 28 nitrogen and oxygen atoms in total. The Morgan fingerprint density at radius 2 is 1.35 bits per heavy atom. The molecular weight excluding hydrogens is 1550 g/mol. The first-order valence-corrected chi connectivity index (χ1v) is 41.6. The van der Waals surface area contributed by atoms with Crippen LogP contribution in [-0.2, 0) is 76.5 Å². The summed E-state index contributed by atoms with van der Waals surface area (Å²) in [6, 6.07) is 61.0. The fraction of sp³-hybridized carbons (Fsp3) is 0.348. The molecule has 7 aromatic carbocycles. The average molecular weight is 1650 g/mol. The number of methoxy groups -OCH3 is 2. The Morgan fingerprint density at radius 1 is 0.714 bits per heavy atom. The number of hydrogen-bond acceptors (Lipinski definition) is 22. The number of nitriles is 1. The number of terminal acetylenes is 1. The highest BCUT2D eigenvalue weighted by molar-refractivity contribution is 7.44. The van der Waals surface area contributed by atoms with Gasteiger partial charge in [0.2, 0.25) is 11.8 Å². The van der Waals surface area contributed by atoms with Crippen LogP contribution < -0.4 is 31.1 Å². The van der Waals surface area contributed by atoms with Crippen molar-refractivity contribution in [2.24, 2.45) is 0 Å². The Bertz CT molecular complexity index is 5070. The molecular formula is C89H98N12O16P2. The molecule has 30 heteroatoms. The molecule has 7 unspecified atom stereocenters. The number of rotatable bonds is 42. The Balaban J connectivity index is 0.775. The van der Waals surface area contributed by atoms with E-state index >= 15 is 0 Å². The molecule has 10 aromatic rings. The molecule has 12 rings (SSSR count). The number of aromatic nitrogens is 6. The predicted molar refractivity (Wildman–Crippen MR) is 450 cm³/mol. The molecule has 119 heavy (non-hydrogen) atoms. The third-order valence-electron chi connectivity index (χ3n) is 20.2. The van der Waals surface area contributed by atoms with E-state index < -0.39 is 77.0 Å². The molecule has 4 heterocycles. The number of fused-ring (bicyclic) bond motifs is 4. The second kappa shape index (κ2) is 42.5. The van der Waals surface area contributed by atoms with Gasteiger partial charge in [-0.3, -0.25) is 23.5 Å². The molecule has 1 aliphatic carbocycles. The van der Waals surface area contributed by atoms with Crippen LogP contribution in [0.5, 0.6) is 11.5 Å². The number of carbonyl (C=O) groups is 4. The van der Waals surface area contributed by atoms with Crippen LogP contribution in [-0.4, -0.2) is 160 Å². The topological polar surface area (TPSA) is 315 Å². The number of hydrogen-bond donors (Lipinski definition) is 3. The smallest absolute Gasteiger partial charge is 0.409 e. The third kappa shape index (κ3) is 22.4. The third-order valence-corrected chi connectivity index (χ3v) is 23.6. The van der Waals surface area contributed by atoms with E-state index in [-0.39, 0.29) is 120 Å². The lowest BCUT2D eigenvalue weighted by Crippen LogP contribution is -2.40. The van der Waals surface area contributed by atoms with Gasteiger partial charge in [0, 0.05) is 69.2 Å². The molecule has 4 amide bonds. The van der Waals surface area contributed by atoms with E-state index in [2.05, 4.69) is 76.8 Å². The molecule has 1 saturated heterocycles. The molecule has 3 aromatic heterocycles. The first kappa shape index (κ1) is 87.1. The number of nitrogens with one attached hydrogen (secondary N) is 3. The van der Waals surface area contributed by atoms with Crippen LogP contribution in [0.3, 0.4) is 0 Å². The maximum absolute atomic E-state index is 14.3. The van der Waals surface area contributed by atoms with Gasteiger partial charge in [-0.1, -0.05) is 146 Å². The number of amides is 4. The van der Waals surface area contributed by atoms with Crippen LogP contribution in [0.15, 0.2) is 212 Å². The molecule has 0 spiro atoms. The minimum atomic E-state index is -2.43. The zero-order valence-electron chi connectivity index (χ0n) is 67.7. The molecule has 2 aliphatic rings. The lowest BCUT2D eigenvalue weighted by Gasteiger charge is -2.38. The Hall–Kier alpha value is -11.2. The summed E-state index contributed by atoms with van der Waals surface area (Å²) < 4.78 is 77.1. The van der Waals surface area contributed by atoms with E-state index in [9.17, 15) is 29.2 Å². The summed E-state index contributed by atoms with van der Waals surface area (Å²) >= 11 is 0. The predicted octanol–water partition coefficient (Wildman–Crippen LogP) is 14.8. The van der Waals surface area contributed by atoms with Crippen LogP contribution in [0.4, 0.5) is 16.4 Å². The Kier molecular flexibility index (Phi) is 31.1. The first-order valence-electron chi connectivity index (χ1n) is 39.3. The number of nitrogens with zero attached hydrogens (tertiary/aromatic N) is 9. The van der Waals surface area contributed by atoms with Crippen molar-refractivity contribution in [3.63, 3.8) is 0 Å². The van der Waals surface area contributed by atoms with Gasteiger partial charge in [0.15, 0.2) is 17.0 Å². The highest BCUT2D eigenvalue weighted by Gasteiger charge is 2.44. The van der Waals surface area contributed by atoms with Gasteiger partial charge in [-0.25, -0.2) is 29.2 Å². The Labute approximate surface area is 694 Å². The average Bonchev–Trinajstić information content (AvgIpc) is 1.55. The SMILES string of the molecule is C#CCCOP(OC1CC(n2ccc(NC(=O)CCCN(C)C(=O)OCC3c4ccccc4-c4ccccc43)nc2=O)OC1COP(OCCC#N)OC(C)C(COC(c1ccccc1)(c1ccc(OC)cc1)c1ccc(OC)cc1)OCn1cnc2c(NC(=O)c3ccc(CNC(=O)Cc4ccccc4)cc3)ncnc21)N(C(C)C)C(C)C. The van der Waals surface area contributed by atoms with Gasteiger partial charge in [0.05, 0.1) is 78.1 Å². The molecule has 0 radical (unpaired) electrons. The number of anilines is 2. The monoisotopic (exact) mass is 1650 g/mol. The van der Waals surface area contributed by atoms with Crippen LogP contribution in [0.1, 0.15) is 128 Å². The van der Waals surface area contributed by atoms with Gasteiger partial charge in [0.25, 0.3) is 14.4 Å². The summed E-state index contributed by atoms with van der Waals surface area (Å²) in [6.45, 7) is 10.0. The molecule has 0 bridgehead atoms. The van der Waals surface area contributed by atoms with Crippen LogP contribution in [0, 0.1) is 23.7 Å². The van der Waals surface area contributed by atoms with Crippen molar-refractivity contribution in [3.8, 4) is 41.0 Å². The highest BCUT2D eigenvalue weighted by Crippen LogP contribution is 2.52. The summed E-state index contributed by atoms with van der Waals surface area (Å²) in [7, 11) is 0.546. The van der Waals surface area contributed by atoms with Gasteiger partial charge in [0.1, 0.15) is 61.0 Å². The summed E-state index contributed by atoms with van der Waals surface area (Å²) in [6.07, 6.45) is 5.73. The number of imidazole rings is 1. The van der Waals surface area contributed by atoms with E-state index in [0.717, 1.165) is 50.1 Å².